The molecule has 35 heavy (non-hydrogen) atoms. The molecule has 2 amide bonds. The molecule has 0 radical (unpaired) electrons. The van der Waals surface area contributed by atoms with E-state index in [2.05, 4.69) is 27.4 Å². The summed E-state index contributed by atoms with van der Waals surface area (Å²) in [6.07, 6.45) is 5.29. The number of benzene rings is 1. The number of anilines is 1. The summed E-state index contributed by atoms with van der Waals surface area (Å²) < 4.78 is 13.1. The smallest absolute Gasteiger partial charge is 0.331 e. The number of aryl methyl sites for hydroxylation is 1. The highest BCUT2D eigenvalue weighted by Gasteiger charge is 2.43. The number of amides is 2. The van der Waals surface area contributed by atoms with Gasteiger partial charge in [-0.15, -0.1) is 0 Å². The van der Waals surface area contributed by atoms with Gasteiger partial charge in [-0.3, -0.25) is 14.7 Å². The van der Waals surface area contributed by atoms with E-state index < -0.39 is 0 Å². The Kier molecular flexibility index (Phi) is 4.67. The van der Waals surface area contributed by atoms with Crippen molar-refractivity contribution in [1.82, 2.24) is 24.6 Å². The van der Waals surface area contributed by atoms with E-state index in [4.69, 9.17) is 9.26 Å². The summed E-state index contributed by atoms with van der Waals surface area (Å²) in [7, 11) is 0. The first-order valence-electron chi connectivity index (χ1n) is 11.5. The number of carbonyl (C=O) groups excluding carboxylic acids is 2. The van der Waals surface area contributed by atoms with E-state index in [1.165, 1.54) is 17.8 Å². The lowest BCUT2D eigenvalue weighted by atomic mass is 10.1. The summed E-state index contributed by atoms with van der Waals surface area (Å²) in [6, 6.07) is 6.99. The first-order chi connectivity index (χ1) is 16.8. The lowest BCUT2D eigenvalue weighted by molar-refractivity contribution is -0.129. The van der Waals surface area contributed by atoms with Gasteiger partial charge >= 0.3 is 6.03 Å². The Balaban J connectivity index is 1.25. The van der Waals surface area contributed by atoms with Crippen LogP contribution in [-0.2, 0) is 23.3 Å². The number of rotatable bonds is 4. The van der Waals surface area contributed by atoms with Crippen molar-refractivity contribution >= 4 is 28.7 Å². The Morgan fingerprint density at radius 3 is 2.77 bits per heavy atom. The van der Waals surface area contributed by atoms with Gasteiger partial charge in [0.2, 0.25) is 11.8 Å². The predicted molar refractivity (Wildman–Crippen MR) is 126 cm³/mol. The average Bonchev–Trinajstić information content (AvgIpc) is 3.23. The van der Waals surface area contributed by atoms with Crippen molar-refractivity contribution < 1.29 is 18.8 Å². The number of hydrogen-bond donors (Lipinski definition) is 1. The minimum atomic E-state index is -0.327. The average molecular weight is 473 g/mol. The third-order valence-corrected chi connectivity index (χ3v) is 6.99. The number of aromatic nitrogens is 4. The molecule has 0 bridgehead atoms. The molecule has 1 aliphatic heterocycles. The quantitative estimate of drug-likeness (QED) is 0.464. The van der Waals surface area contributed by atoms with Crippen LogP contribution in [0.2, 0.25) is 0 Å². The van der Waals surface area contributed by atoms with Crippen molar-refractivity contribution in [1.29, 1.82) is 0 Å². The van der Waals surface area contributed by atoms with Gasteiger partial charge in [-0.2, -0.15) is 0 Å². The van der Waals surface area contributed by atoms with Gasteiger partial charge in [0, 0.05) is 35.6 Å². The van der Waals surface area contributed by atoms with Crippen LogP contribution >= 0.6 is 0 Å². The van der Waals surface area contributed by atoms with Crippen LogP contribution in [0.3, 0.4) is 0 Å². The zero-order valence-corrected chi connectivity index (χ0v) is 19.7. The maximum Gasteiger partial charge on any atom is 0.331 e. The highest BCUT2D eigenvalue weighted by molar-refractivity contribution is 5.99. The van der Waals surface area contributed by atoms with Crippen LogP contribution in [0.25, 0.3) is 10.9 Å². The highest BCUT2D eigenvalue weighted by atomic mass is 16.5. The molecule has 1 N–H and O–H groups in total. The van der Waals surface area contributed by atoms with E-state index in [0.29, 0.717) is 30.5 Å². The van der Waals surface area contributed by atoms with Crippen molar-refractivity contribution in [2.24, 2.45) is 0 Å². The molecule has 178 valence electrons. The second-order valence-electron chi connectivity index (χ2n) is 9.46. The van der Waals surface area contributed by atoms with Crippen molar-refractivity contribution in [3.63, 3.8) is 0 Å². The summed E-state index contributed by atoms with van der Waals surface area (Å²) in [5.41, 5.74) is 3.25. The zero-order valence-electron chi connectivity index (χ0n) is 19.7. The summed E-state index contributed by atoms with van der Waals surface area (Å²) in [6.45, 7) is 6.46. The minimum absolute atomic E-state index is 0.0187. The van der Waals surface area contributed by atoms with Crippen LogP contribution in [0.5, 0.6) is 11.6 Å². The molecule has 4 aromatic rings. The van der Waals surface area contributed by atoms with E-state index in [1.54, 1.807) is 17.2 Å². The number of carbonyl (C=O) groups is 2. The van der Waals surface area contributed by atoms with E-state index in [1.807, 2.05) is 25.1 Å². The molecule has 2 aliphatic rings. The van der Waals surface area contributed by atoms with Gasteiger partial charge in [0.1, 0.15) is 17.8 Å². The van der Waals surface area contributed by atoms with Gasteiger partial charge in [-0.25, -0.2) is 14.8 Å². The van der Waals surface area contributed by atoms with Crippen LogP contribution in [0.1, 0.15) is 49.3 Å². The third-order valence-electron chi connectivity index (χ3n) is 6.99. The molecular weight excluding hydrogens is 448 g/mol. The topological polar surface area (TPSA) is 115 Å². The van der Waals surface area contributed by atoms with Gasteiger partial charge in [-0.1, -0.05) is 12.1 Å². The fourth-order valence-corrected chi connectivity index (χ4v) is 4.42. The Labute approximate surface area is 200 Å². The van der Waals surface area contributed by atoms with Crippen molar-refractivity contribution in [2.45, 2.75) is 52.1 Å². The van der Waals surface area contributed by atoms with Crippen LogP contribution in [0, 0.1) is 6.92 Å². The van der Waals surface area contributed by atoms with Crippen molar-refractivity contribution in [3.8, 4) is 11.6 Å². The number of ether oxygens (including phenoxy) is 1. The monoisotopic (exact) mass is 472 g/mol. The molecule has 1 fully saturated rings. The fourth-order valence-electron chi connectivity index (χ4n) is 4.42. The van der Waals surface area contributed by atoms with E-state index in [9.17, 15) is 9.59 Å². The standard InChI is InChI=1S/C25H24N6O4/c1-14-16-6-9-31(24(33)28-22-10-21(35-29-22)25(3)7-8-25)19(16)4-5-20(14)34-23-17-11-30(15(2)32)12-18(17)26-13-27-23/h4-6,9-10,13H,7-8,11-12H2,1-3H3,(H,28,29,33). The molecule has 1 aliphatic carbocycles. The molecule has 10 heteroatoms. The lowest BCUT2D eigenvalue weighted by Gasteiger charge is -2.13. The number of nitrogens with zero attached hydrogens (tertiary/aromatic N) is 5. The van der Waals surface area contributed by atoms with Gasteiger partial charge in [-0.05, 0) is 38.0 Å². The Hall–Kier alpha value is -4.21. The SMILES string of the molecule is CC(=O)N1Cc2ncnc(Oc3ccc4c(ccn4C(=O)Nc4cc(C5(C)CC5)on4)c3C)c2C1. The van der Waals surface area contributed by atoms with Gasteiger partial charge < -0.3 is 14.2 Å². The van der Waals surface area contributed by atoms with E-state index >= 15 is 0 Å². The first kappa shape index (κ1) is 21.3. The molecule has 10 nitrogen and oxygen atoms in total. The summed E-state index contributed by atoms with van der Waals surface area (Å²) in [4.78, 5) is 35.1. The van der Waals surface area contributed by atoms with Crippen molar-refractivity contribution in [3.05, 3.63) is 59.4 Å². The number of nitrogens with one attached hydrogen (secondary N) is 1. The normalized spacial score (nSPS) is 15.8. The summed E-state index contributed by atoms with van der Waals surface area (Å²) in [5, 5.41) is 7.68. The van der Waals surface area contributed by atoms with Crippen LogP contribution in [0.15, 0.2) is 41.3 Å². The molecule has 0 unspecified atom stereocenters. The zero-order chi connectivity index (χ0) is 24.3. The molecular formula is C25H24N6O4. The van der Waals surface area contributed by atoms with Gasteiger partial charge in [0.05, 0.1) is 29.9 Å². The molecule has 0 spiro atoms. The minimum Gasteiger partial charge on any atom is -0.438 e. The molecule has 1 saturated carbocycles. The molecule has 0 atom stereocenters. The van der Waals surface area contributed by atoms with Crippen LogP contribution < -0.4 is 10.1 Å². The van der Waals surface area contributed by atoms with Crippen LogP contribution in [0.4, 0.5) is 10.6 Å². The van der Waals surface area contributed by atoms with E-state index in [-0.39, 0.29) is 17.4 Å². The molecule has 4 heterocycles. The Morgan fingerprint density at radius 1 is 1.17 bits per heavy atom. The maximum atomic E-state index is 13.0. The predicted octanol–water partition coefficient (Wildman–Crippen LogP) is 4.51. The largest absolute Gasteiger partial charge is 0.438 e. The molecule has 1 aromatic carbocycles. The maximum absolute atomic E-state index is 13.0. The summed E-state index contributed by atoms with van der Waals surface area (Å²) in [5.74, 6) is 2.23. The lowest BCUT2D eigenvalue weighted by Crippen LogP contribution is -2.21. The number of hydrogen-bond acceptors (Lipinski definition) is 7. The highest BCUT2D eigenvalue weighted by Crippen LogP contribution is 2.48. The Morgan fingerprint density at radius 2 is 2.00 bits per heavy atom. The second-order valence-corrected chi connectivity index (χ2v) is 9.46. The molecule has 3 aromatic heterocycles. The number of fused-ring (bicyclic) bond motifs is 2. The fraction of sp³-hybridized carbons (Fsp3) is 0.320. The summed E-state index contributed by atoms with van der Waals surface area (Å²) >= 11 is 0. The van der Waals surface area contributed by atoms with Gasteiger partial charge in [0.15, 0.2) is 5.82 Å². The van der Waals surface area contributed by atoms with Crippen molar-refractivity contribution in [2.75, 3.05) is 5.32 Å². The third kappa shape index (κ3) is 3.61. The van der Waals surface area contributed by atoms with E-state index in [0.717, 1.165) is 46.3 Å². The van der Waals surface area contributed by atoms with Gasteiger partial charge in [0.25, 0.3) is 0 Å². The molecule has 0 saturated heterocycles. The molecule has 6 rings (SSSR count). The second kappa shape index (κ2) is 7.66. The Bertz CT molecular complexity index is 1500. The van der Waals surface area contributed by atoms with Crippen LogP contribution in [-0.4, -0.2) is 36.5 Å². The first-order valence-corrected chi connectivity index (χ1v) is 11.5.